The first-order valence-corrected chi connectivity index (χ1v) is 8.81. The van der Waals surface area contributed by atoms with E-state index in [-0.39, 0.29) is 6.61 Å². The molecule has 1 amide bonds. The Balaban J connectivity index is 2.09. The van der Waals surface area contributed by atoms with Crippen LogP contribution in [0.3, 0.4) is 0 Å². The molecule has 0 atom stereocenters. The van der Waals surface area contributed by atoms with Crippen LogP contribution in [0.5, 0.6) is 0 Å². The maximum Gasteiger partial charge on any atom is 0.339 e. The summed E-state index contributed by atoms with van der Waals surface area (Å²) in [6.07, 6.45) is 0. The Morgan fingerprint density at radius 2 is 1.46 bits per heavy atom. The van der Waals surface area contributed by atoms with Gasteiger partial charge in [-0.3, -0.25) is 4.79 Å². The molecule has 5 heteroatoms. The summed E-state index contributed by atoms with van der Waals surface area (Å²) >= 11 is 6.05. The smallest absolute Gasteiger partial charge is 0.339 e. The van der Waals surface area contributed by atoms with Crippen molar-refractivity contribution < 1.29 is 14.3 Å². The van der Waals surface area contributed by atoms with Gasteiger partial charge in [0.2, 0.25) is 0 Å². The first kappa shape index (κ1) is 20.0. The number of nitrogens with one attached hydrogen (secondary N) is 1. The van der Waals surface area contributed by atoms with Crippen LogP contribution in [-0.4, -0.2) is 18.5 Å². The summed E-state index contributed by atoms with van der Waals surface area (Å²) in [4.78, 5) is 24.6. The number of amides is 1. The molecule has 0 aliphatic carbocycles. The van der Waals surface area contributed by atoms with Gasteiger partial charge >= 0.3 is 5.97 Å². The number of hydrogen-bond acceptors (Lipinski definition) is 3. The number of carbonyl (C=O) groups excluding carboxylic acids is 2. The molecule has 138 valence electrons. The van der Waals surface area contributed by atoms with Crippen molar-refractivity contribution in [2.24, 2.45) is 0 Å². The van der Waals surface area contributed by atoms with E-state index in [1.165, 1.54) is 5.56 Å². The van der Waals surface area contributed by atoms with Crippen LogP contribution in [0.25, 0.3) is 0 Å². The Bertz CT molecular complexity index is 858. The minimum Gasteiger partial charge on any atom is -0.452 e. The molecule has 0 aliphatic heterocycles. The van der Waals surface area contributed by atoms with Crippen molar-refractivity contribution in [3.05, 3.63) is 62.2 Å². The maximum absolute atomic E-state index is 12.5. The molecule has 4 nitrogen and oxygen atoms in total. The summed E-state index contributed by atoms with van der Waals surface area (Å²) in [7, 11) is 0. The number of aryl methyl sites for hydroxylation is 1. The molecule has 2 aromatic rings. The minimum atomic E-state index is -0.483. The number of rotatable bonds is 4. The molecule has 2 aromatic carbocycles. The summed E-state index contributed by atoms with van der Waals surface area (Å²) < 4.78 is 5.24. The molecular weight excluding hydrogens is 350 g/mol. The van der Waals surface area contributed by atoms with Crippen molar-refractivity contribution in [1.29, 1.82) is 0 Å². The van der Waals surface area contributed by atoms with Crippen LogP contribution in [0.1, 0.15) is 43.7 Å². The van der Waals surface area contributed by atoms with Gasteiger partial charge in [0.1, 0.15) is 0 Å². The van der Waals surface area contributed by atoms with Crippen molar-refractivity contribution in [3.63, 3.8) is 0 Å². The second kappa shape index (κ2) is 7.92. The van der Waals surface area contributed by atoms with Crippen molar-refractivity contribution in [3.8, 4) is 0 Å². The molecule has 0 saturated carbocycles. The zero-order valence-corrected chi connectivity index (χ0v) is 16.8. The van der Waals surface area contributed by atoms with E-state index in [1.807, 2.05) is 47.6 Å². The monoisotopic (exact) mass is 373 g/mol. The Kier molecular flexibility index (Phi) is 6.09. The van der Waals surface area contributed by atoms with Gasteiger partial charge in [0.05, 0.1) is 5.56 Å². The van der Waals surface area contributed by atoms with E-state index in [9.17, 15) is 9.59 Å². The van der Waals surface area contributed by atoms with Crippen LogP contribution < -0.4 is 5.32 Å². The molecule has 0 spiro atoms. The number of carbonyl (C=O) groups is 2. The van der Waals surface area contributed by atoms with Gasteiger partial charge in [-0.05, 0) is 87.1 Å². The second-order valence-electron chi connectivity index (χ2n) is 6.59. The highest BCUT2D eigenvalue weighted by atomic mass is 35.5. The van der Waals surface area contributed by atoms with Crippen LogP contribution in [0.4, 0.5) is 5.69 Å². The molecular formula is C21H24ClNO3. The second-order valence-corrected chi connectivity index (χ2v) is 7.00. The van der Waals surface area contributed by atoms with Crippen LogP contribution in [0.2, 0.25) is 5.02 Å². The molecule has 0 aliphatic rings. The average Bonchev–Trinajstić information content (AvgIpc) is 2.60. The van der Waals surface area contributed by atoms with E-state index in [0.29, 0.717) is 16.3 Å². The Hall–Kier alpha value is -2.33. The zero-order chi connectivity index (χ0) is 19.6. The van der Waals surface area contributed by atoms with Gasteiger partial charge in [-0.25, -0.2) is 4.79 Å². The Labute approximate surface area is 159 Å². The maximum atomic E-state index is 12.5. The number of esters is 1. The van der Waals surface area contributed by atoms with Gasteiger partial charge < -0.3 is 10.1 Å². The lowest BCUT2D eigenvalue weighted by molar-refractivity contribution is -0.119. The lowest BCUT2D eigenvalue weighted by Crippen LogP contribution is -2.22. The quantitative estimate of drug-likeness (QED) is 0.768. The van der Waals surface area contributed by atoms with Gasteiger partial charge in [-0.2, -0.15) is 0 Å². The number of benzene rings is 2. The predicted octanol–water partition coefficient (Wildman–Crippen LogP) is 4.99. The molecule has 0 saturated heterocycles. The first-order valence-electron chi connectivity index (χ1n) is 8.43. The first-order chi connectivity index (χ1) is 12.1. The van der Waals surface area contributed by atoms with Crippen LogP contribution >= 0.6 is 11.6 Å². The van der Waals surface area contributed by atoms with Gasteiger partial charge in [0.15, 0.2) is 6.61 Å². The average molecular weight is 374 g/mol. The van der Waals surface area contributed by atoms with Gasteiger partial charge in [-0.15, -0.1) is 0 Å². The molecule has 0 bridgehead atoms. The normalized spacial score (nSPS) is 10.6. The SMILES string of the molecule is Cc1ccc(NC(=O)COC(=O)c2c(C)c(C)c(C)c(C)c2C)cc1Cl. The third-order valence-electron chi connectivity index (χ3n) is 4.99. The topological polar surface area (TPSA) is 55.4 Å². The van der Waals surface area contributed by atoms with E-state index < -0.39 is 11.9 Å². The van der Waals surface area contributed by atoms with E-state index in [1.54, 1.807) is 12.1 Å². The lowest BCUT2D eigenvalue weighted by Gasteiger charge is -2.17. The third-order valence-corrected chi connectivity index (χ3v) is 5.40. The van der Waals surface area contributed by atoms with Crippen molar-refractivity contribution in [1.82, 2.24) is 0 Å². The van der Waals surface area contributed by atoms with E-state index in [2.05, 4.69) is 5.32 Å². The van der Waals surface area contributed by atoms with Gasteiger partial charge in [0.25, 0.3) is 5.91 Å². The standard InChI is InChI=1S/C21H24ClNO3/c1-11-7-8-17(9-18(11)22)23-19(24)10-26-21(25)20-15(5)13(3)12(2)14(4)16(20)6/h7-9H,10H2,1-6H3,(H,23,24). The molecule has 0 heterocycles. The summed E-state index contributed by atoms with van der Waals surface area (Å²) in [6, 6.07) is 5.23. The molecule has 0 aromatic heterocycles. The fourth-order valence-electron chi connectivity index (χ4n) is 2.88. The molecule has 26 heavy (non-hydrogen) atoms. The highest BCUT2D eigenvalue weighted by Gasteiger charge is 2.20. The van der Waals surface area contributed by atoms with Gasteiger partial charge in [0, 0.05) is 10.7 Å². The zero-order valence-electron chi connectivity index (χ0n) is 16.0. The van der Waals surface area contributed by atoms with Crippen molar-refractivity contribution in [2.45, 2.75) is 41.5 Å². The van der Waals surface area contributed by atoms with Gasteiger partial charge in [-0.1, -0.05) is 17.7 Å². The summed E-state index contributed by atoms with van der Waals surface area (Å²) in [5.74, 6) is -0.891. The number of ether oxygens (including phenoxy) is 1. The van der Waals surface area contributed by atoms with E-state index in [0.717, 1.165) is 27.8 Å². The third kappa shape index (κ3) is 4.07. The lowest BCUT2D eigenvalue weighted by atomic mass is 9.90. The fraction of sp³-hybridized carbons (Fsp3) is 0.333. The van der Waals surface area contributed by atoms with Crippen LogP contribution in [0, 0.1) is 41.5 Å². The van der Waals surface area contributed by atoms with Crippen molar-refractivity contribution >= 4 is 29.2 Å². The molecule has 1 N–H and O–H groups in total. The highest BCUT2D eigenvalue weighted by molar-refractivity contribution is 6.31. The minimum absolute atomic E-state index is 0.352. The van der Waals surface area contributed by atoms with E-state index >= 15 is 0 Å². The molecule has 0 fully saturated rings. The summed E-state index contributed by atoms with van der Waals surface area (Å²) in [5.41, 5.74) is 7.12. The Morgan fingerprint density at radius 3 is 2.00 bits per heavy atom. The fourth-order valence-corrected chi connectivity index (χ4v) is 3.06. The largest absolute Gasteiger partial charge is 0.452 e. The molecule has 2 rings (SSSR count). The number of halogens is 1. The molecule has 0 radical (unpaired) electrons. The number of hydrogen-bond donors (Lipinski definition) is 1. The van der Waals surface area contributed by atoms with Crippen LogP contribution in [0.15, 0.2) is 18.2 Å². The number of anilines is 1. The van der Waals surface area contributed by atoms with Crippen molar-refractivity contribution in [2.75, 3.05) is 11.9 Å². The molecule has 0 unspecified atom stereocenters. The summed E-state index contributed by atoms with van der Waals surface area (Å²) in [5, 5.41) is 3.24. The summed E-state index contributed by atoms with van der Waals surface area (Å²) in [6.45, 7) is 11.4. The highest BCUT2D eigenvalue weighted by Crippen LogP contribution is 2.26. The van der Waals surface area contributed by atoms with E-state index in [4.69, 9.17) is 16.3 Å². The Morgan fingerprint density at radius 1 is 0.923 bits per heavy atom. The predicted molar refractivity (Wildman–Crippen MR) is 105 cm³/mol. The van der Waals surface area contributed by atoms with Crippen LogP contribution in [-0.2, 0) is 9.53 Å².